The number of para-hydroxylation sites is 1. The van der Waals surface area contributed by atoms with Crippen LogP contribution in [0.25, 0.3) is 0 Å². The highest BCUT2D eigenvalue weighted by atomic mass is 32.3. The fraction of sp³-hybridized carbons (Fsp3) is 0.500. The molecular formula is C12H23NS2. The lowest BCUT2D eigenvalue weighted by atomic mass is 10.3. The van der Waals surface area contributed by atoms with E-state index in [4.69, 9.17) is 0 Å². The third-order valence-electron chi connectivity index (χ3n) is 1.96. The maximum Gasteiger partial charge on any atom is 0.0557 e. The number of benzene rings is 1. The Kier molecular flexibility index (Phi) is 3.67. The Morgan fingerprint density at radius 1 is 0.733 bits per heavy atom. The Morgan fingerprint density at radius 2 is 1.13 bits per heavy atom. The van der Waals surface area contributed by atoms with E-state index in [1.165, 1.54) is 5.69 Å². The van der Waals surface area contributed by atoms with Crippen molar-refractivity contribution in [3.8, 4) is 0 Å². The fourth-order valence-electron chi connectivity index (χ4n) is 1.85. The molecule has 0 spiro atoms. The van der Waals surface area contributed by atoms with Gasteiger partial charge in [-0.25, -0.2) is 0 Å². The van der Waals surface area contributed by atoms with Gasteiger partial charge in [0.15, 0.2) is 0 Å². The Bertz CT molecular complexity index is 295. The molecule has 1 aromatic carbocycles. The molecular weight excluding hydrogens is 222 g/mol. The summed E-state index contributed by atoms with van der Waals surface area (Å²) < 4.78 is 2.62. The van der Waals surface area contributed by atoms with Gasteiger partial charge < -0.3 is 0 Å². The van der Waals surface area contributed by atoms with Crippen LogP contribution in [0.4, 0.5) is 5.69 Å². The number of anilines is 1. The van der Waals surface area contributed by atoms with Crippen LogP contribution in [-0.4, -0.2) is 37.5 Å². The second-order valence-electron chi connectivity index (χ2n) is 5.14. The van der Waals surface area contributed by atoms with Gasteiger partial charge in [0.05, 0.1) is 5.69 Å². The van der Waals surface area contributed by atoms with Crippen molar-refractivity contribution < 1.29 is 0 Å². The van der Waals surface area contributed by atoms with Gasteiger partial charge in [0.2, 0.25) is 0 Å². The van der Waals surface area contributed by atoms with E-state index in [9.17, 15) is 0 Å². The van der Waals surface area contributed by atoms with Crippen molar-refractivity contribution in [3.05, 3.63) is 30.3 Å². The lowest BCUT2D eigenvalue weighted by Gasteiger charge is -2.52. The summed E-state index contributed by atoms with van der Waals surface area (Å²) in [7, 11) is -1.41. The highest BCUT2D eigenvalue weighted by Crippen LogP contribution is 2.59. The van der Waals surface area contributed by atoms with Crippen molar-refractivity contribution in [3.63, 3.8) is 0 Å². The quantitative estimate of drug-likeness (QED) is 0.784. The maximum absolute atomic E-state index is 2.62. The topological polar surface area (TPSA) is 3.24 Å². The molecule has 0 unspecified atom stereocenters. The molecule has 0 fully saturated rings. The first-order valence-corrected chi connectivity index (χ1v) is 10.6. The van der Waals surface area contributed by atoms with Gasteiger partial charge in [-0.05, 0) is 49.7 Å². The zero-order valence-electron chi connectivity index (χ0n) is 10.7. The van der Waals surface area contributed by atoms with Crippen LogP contribution in [-0.2, 0) is 0 Å². The average Bonchev–Trinajstić information content (AvgIpc) is 2.00. The van der Waals surface area contributed by atoms with Gasteiger partial charge in [0.25, 0.3) is 0 Å². The number of hydrogen-bond donors (Lipinski definition) is 0. The van der Waals surface area contributed by atoms with Crippen molar-refractivity contribution >= 4 is 26.1 Å². The number of nitrogens with zero attached hydrogens (tertiary/aromatic N) is 1. The Hall–Kier alpha value is -0.280. The first kappa shape index (κ1) is 12.8. The average molecular weight is 245 g/mol. The summed E-state index contributed by atoms with van der Waals surface area (Å²) in [5.74, 6) is 0. The molecule has 1 aromatic rings. The molecule has 0 bridgehead atoms. The molecule has 0 N–H and O–H groups in total. The van der Waals surface area contributed by atoms with Crippen molar-refractivity contribution in [2.75, 3.05) is 41.2 Å². The molecule has 1 nitrogen and oxygen atoms in total. The van der Waals surface area contributed by atoms with Gasteiger partial charge in [0, 0.05) is 0 Å². The van der Waals surface area contributed by atoms with Crippen molar-refractivity contribution in [1.82, 2.24) is 0 Å². The SMILES string of the molecule is CS(C)(C)N(c1ccccc1)S(C)(C)C. The fourth-order valence-corrected chi connectivity index (χ4v) is 8.73. The zero-order chi connectivity index (χ0) is 11.7. The molecule has 0 amide bonds. The molecule has 15 heavy (non-hydrogen) atoms. The minimum atomic E-state index is -0.705. The van der Waals surface area contributed by atoms with Crippen LogP contribution in [0.1, 0.15) is 0 Å². The smallest absolute Gasteiger partial charge is 0.0557 e. The van der Waals surface area contributed by atoms with Crippen LogP contribution in [0.2, 0.25) is 0 Å². The molecule has 0 aliphatic rings. The predicted octanol–water partition coefficient (Wildman–Crippen LogP) is 3.71. The van der Waals surface area contributed by atoms with Gasteiger partial charge in [-0.2, -0.15) is 20.4 Å². The Balaban J connectivity index is 3.15. The van der Waals surface area contributed by atoms with Crippen LogP contribution < -0.4 is 3.71 Å². The first-order chi connectivity index (χ1) is 6.73. The van der Waals surface area contributed by atoms with E-state index in [-0.39, 0.29) is 0 Å². The number of rotatable bonds is 3. The third-order valence-corrected chi connectivity index (χ3v) is 7.06. The van der Waals surface area contributed by atoms with Gasteiger partial charge >= 0.3 is 0 Å². The maximum atomic E-state index is 2.62. The van der Waals surface area contributed by atoms with Crippen LogP contribution in [0, 0.1) is 0 Å². The summed E-state index contributed by atoms with van der Waals surface area (Å²) in [4.78, 5) is 0. The summed E-state index contributed by atoms with van der Waals surface area (Å²) in [5, 5.41) is 0. The molecule has 0 heterocycles. The molecule has 88 valence electrons. The summed E-state index contributed by atoms with van der Waals surface area (Å²) in [6.45, 7) is 0. The normalized spacial score (nSPS) is 14.8. The van der Waals surface area contributed by atoms with Crippen LogP contribution >= 0.6 is 20.4 Å². The Labute approximate surface area is 97.8 Å². The lowest BCUT2D eigenvalue weighted by Crippen LogP contribution is -2.27. The largest absolute Gasteiger partial charge is 0.298 e. The van der Waals surface area contributed by atoms with Crippen molar-refractivity contribution in [2.24, 2.45) is 0 Å². The predicted molar refractivity (Wildman–Crippen MR) is 79.6 cm³/mol. The summed E-state index contributed by atoms with van der Waals surface area (Å²) in [6, 6.07) is 10.8. The molecule has 0 aliphatic carbocycles. The van der Waals surface area contributed by atoms with Gasteiger partial charge in [0.1, 0.15) is 0 Å². The second kappa shape index (κ2) is 4.30. The second-order valence-corrected chi connectivity index (χ2v) is 13.2. The molecule has 0 aromatic heterocycles. The van der Waals surface area contributed by atoms with E-state index >= 15 is 0 Å². The molecule has 1 rings (SSSR count). The lowest BCUT2D eigenvalue weighted by molar-refractivity contribution is 1.55. The summed E-state index contributed by atoms with van der Waals surface area (Å²) in [5.41, 5.74) is 1.36. The molecule has 0 aliphatic heterocycles. The van der Waals surface area contributed by atoms with E-state index in [1.807, 2.05) is 0 Å². The highest BCUT2D eigenvalue weighted by Gasteiger charge is 2.25. The van der Waals surface area contributed by atoms with E-state index in [2.05, 4.69) is 71.6 Å². The number of hydrogen-bond acceptors (Lipinski definition) is 1. The van der Waals surface area contributed by atoms with Crippen LogP contribution in [0.15, 0.2) is 30.3 Å². The van der Waals surface area contributed by atoms with Crippen LogP contribution in [0.5, 0.6) is 0 Å². The van der Waals surface area contributed by atoms with E-state index < -0.39 is 20.4 Å². The molecule has 0 radical (unpaired) electrons. The minimum absolute atomic E-state index is 0.705. The third kappa shape index (κ3) is 3.35. The van der Waals surface area contributed by atoms with E-state index in [1.54, 1.807) is 0 Å². The zero-order valence-corrected chi connectivity index (χ0v) is 12.3. The van der Waals surface area contributed by atoms with Crippen molar-refractivity contribution in [1.29, 1.82) is 0 Å². The van der Waals surface area contributed by atoms with Gasteiger partial charge in [-0.3, -0.25) is 3.71 Å². The standard InChI is InChI=1S/C12H23NS2/c1-14(2,3)13(15(4,5)6)12-10-8-7-9-11-12/h7-11H,1-6H3. The van der Waals surface area contributed by atoms with Crippen LogP contribution in [0.3, 0.4) is 0 Å². The van der Waals surface area contributed by atoms with Gasteiger partial charge in [-0.15, -0.1) is 0 Å². The molecule has 0 saturated heterocycles. The minimum Gasteiger partial charge on any atom is -0.298 e. The molecule has 3 heteroatoms. The van der Waals surface area contributed by atoms with E-state index in [0.717, 1.165) is 0 Å². The Morgan fingerprint density at radius 3 is 1.47 bits per heavy atom. The summed E-state index contributed by atoms with van der Waals surface area (Å²) in [6.07, 6.45) is 14.2. The highest BCUT2D eigenvalue weighted by molar-refractivity contribution is 8.49. The summed E-state index contributed by atoms with van der Waals surface area (Å²) >= 11 is 0. The molecule has 0 atom stereocenters. The molecule has 0 saturated carbocycles. The monoisotopic (exact) mass is 245 g/mol. The van der Waals surface area contributed by atoms with Gasteiger partial charge in [-0.1, -0.05) is 18.2 Å². The van der Waals surface area contributed by atoms with E-state index in [0.29, 0.717) is 0 Å². The van der Waals surface area contributed by atoms with Crippen molar-refractivity contribution in [2.45, 2.75) is 0 Å². The first-order valence-electron chi connectivity index (χ1n) is 4.95.